The van der Waals surface area contributed by atoms with Crippen molar-refractivity contribution in [3.63, 3.8) is 0 Å². The zero-order valence-corrected chi connectivity index (χ0v) is 28.7. The van der Waals surface area contributed by atoms with E-state index < -0.39 is 0 Å². The second-order valence-corrected chi connectivity index (χ2v) is 11.3. The minimum atomic E-state index is -0.334. The van der Waals surface area contributed by atoms with Crippen LogP contribution in [-0.4, -0.2) is 19.5 Å². The van der Waals surface area contributed by atoms with E-state index in [2.05, 4.69) is 52.0 Å². The number of benzene rings is 5. The van der Waals surface area contributed by atoms with Crippen LogP contribution in [0.1, 0.15) is 5.69 Å². The smallest absolute Gasteiger partial charge is 0.126 e. The summed E-state index contributed by atoms with van der Waals surface area (Å²) < 4.78 is 22.3. The van der Waals surface area contributed by atoms with Gasteiger partial charge in [0.05, 0.1) is 33.8 Å². The zero-order valence-electron chi connectivity index (χ0n) is 26.3. The van der Waals surface area contributed by atoms with Crippen molar-refractivity contribution in [2.24, 2.45) is 0 Å². The number of aryl methyl sites for hydroxylation is 1. The number of aromatic nitrogens is 4. The molecule has 1 radical (unpaired) electrons. The van der Waals surface area contributed by atoms with Crippen LogP contribution in [0.3, 0.4) is 0 Å². The SMILES string of the molecule is Cc1nc(-c2ccccc2)cc2c1nc(-c1[c-]ccc3c1oc1cc(F)ccc13)n2-c1ccccc1.[Ir].[c-]1ccccc1-c1ccccn1. The molecule has 0 spiro atoms. The Kier molecular flexibility index (Phi) is 8.95. The minimum absolute atomic E-state index is 0. The van der Waals surface area contributed by atoms with Gasteiger partial charge in [0.2, 0.25) is 0 Å². The molecule has 0 saturated heterocycles. The van der Waals surface area contributed by atoms with Crippen molar-refractivity contribution in [2.45, 2.75) is 6.92 Å². The van der Waals surface area contributed by atoms with Crippen LogP contribution >= 0.6 is 0 Å². The van der Waals surface area contributed by atoms with Crippen LogP contribution in [0.5, 0.6) is 0 Å². The summed E-state index contributed by atoms with van der Waals surface area (Å²) in [6, 6.07) is 50.9. The fourth-order valence-electron chi connectivity index (χ4n) is 5.95. The van der Waals surface area contributed by atoms with Gasteiger partial charge < -0.3 is 14.0 Å². The van der Waals surface area contributed by atoms with Crippen molar-refractivity contribution < 1.29 is 28.9 Å². The third-order valence-electron chi connectivity index (χ3n) is 8.17. The Bertz CT molecular complexity index is 2480. The molecule has 5 nitrogen and oxygen atoms in total. The number of hydrogen-bond donors (Lipinski definition) is 0. The minimum Gasteiger partial charge on any atom is -0.500 e. The molecule has 0 amide bonds. The molecule has 9 aromatic rings. The first-order chi connectivity index (χ1) is 23.6. The van der Waals surface area contributed by atoms with Crippen molar-refractivity contribution in [1.29, 1.82) is 0 Å². The monoisotopic (exact) mass is 815 g/mol. The van der Waals surface area contributed by atoms with Crippen molar-refractivity contribution in [2.75, 3.05) is 0 Å². The molecule has 239 valence electrons. The van der Waals surface area contributed by atoms with Gasteiger partial charge in [-0.05, 0) is 49.0 Å². The van der Waals surface area contributed by atoms with E-state index in [0.717, 1.165) is 55.7 Å². The Morgan fingerprint density at radius 2 is 1.47 bits per heavy atom. The zero-order chi connectivity index (χ0) is 32.5. The maximum Gasteiger partial charge on any atom is 0.126 e. The largest absolute Gasteiger partial charge is 0.500 e. The first kappa shape index (κ1) is 31.8. The van der Waals surface area contributed by atoms with E-state index >= 15 is 0 Å². The molecule has 0 aliphatic heterocycles. The second-order valence-electron chi connectivity index (χ2n) is 11.3. The first-order valence-corrected chi connectivity index (χ1v) is 15.6. The molecule has 4 aromatic heterocycles. The molecule has 0 saturated carbocycles. The summed E-state index contributed by atoms with van der Waals surface area (Å²) in [7, 11) is 0. The average molecular weight is 815 g/mol. The normalized spacial score (nSPS) is 10.9. The van der Waals surface area contributed by atoms with Crippen LogP contribution in [0, 0.1) is 24.9 Å². The Morgan fingerprint density at radius 1 is 0.694 bits per heavy atom. The predicted molar refractivity (Wildman–Crippen MR) is 189 cm³/mol. The first-order valence-electron chi connectivity index (χ1n) is 15.6. The summed E-state index contributed by atoms with van der Waals surface area (Å²) >= 11 is 0. The number of hydrogen-bond acceptors (Lipinski definition) is 4. The molecular weight excluding hydrogens is 788 g/mol. The molecule has 0 N–H and O–H groups in total. The molecule has 0 unspecified atom stereocenters. The van der Waals surface area contributed by atoms with E-state index in [-0.39, 0.29) is 25.9 Å². The van der Waals surface area contributed by atoms with Crippen LogP contribution in [0.4, 0.5) is 4.39 Å². The molecule has 0 atom stereocenters. The van der Waals surface area contributed by atoms with E-state index in [1.165, 1.54) is 12.1 Å². The van der Waals surface area contributed by atoms with Gasteiger partial charge in [0, 0.05) is 49.0 Å². The number of nitrogens with zero attached hydrogens (tertiary/aromatic N) is 4. The Balaban J connectivity index is 0.000000246. The molecule has 0 aliphatic carbocycles. The molecule has 5 aromatic carbocycles. The van der Waals surface area contributed by atoms with E-state index in [1.54, 1.807) is 12.3 Å². The fraction of sp³-hybridized carbons (Fsp3) is 0.0238. The number of fused-ring (bicyclic) bond motifs is 4. The molecule has 0 fully saturated rings. The third kappa shape index (κ3) is 6.18. The van der Waals surface area contributed by atoms with E-state index in [9.17, 15) is 4.39 Å². The Labute approximate surface area is 296 Å². The van der Waals surface area contributed by atoms with Crippen molar-refractivity contribution in [3.05, 3.63) is 169 Å². The van der Waals surface area contributed by atoms with Crippen LogP contribution in [0.25, 0.3) is 72.6 Å². The number of furan rings is 1. The third-order valence-corrected chi connectivity index (χ3v) is 8.17. The van der Waals surface area contributed by atoms with Gasteiger partial charge in [-0.1, -0.05) is 71.6 Å². The quantitative estimate of drug-likeness (QED) is 0.166. The molecule has 9 rings (SSSR count). The predicted octanol–water partition coefficient (Wildman–Crippen LogP) is 10.4. The summed E-state index contributed by atoms with van der Waals surface area (Å²) in [6.45, 7) is 1.98. The summed E-state index contributed by atoms with van der Waals surface area (Å²) in [4.78, 5) is 14.2. The molecule has 0 aliphatic rings. The molecule has 7 heteroatoms. The van der Waals surface area contributed by atoms with Crippen molar-refractivity contribution in [3.8, 4) is 39.6 Å². The number of rotatable bonds is 4. The Morgan fingerprint density at radius 3 is 2.22 bits per heavy atom. The van der Waals surface area contributed by atoms with Gasteiger partial charge >= 0.3 is 0 Å². The molecule has 4 heterocycles. The maximum absolute atomic E-state index is 13.9. The van der Waals surface area contributed by atoms with Gasteiger partial charge in [-0.3, -0.25) is 9.97 Å². The van der Waals surface area contributed by atoms with E-state index in [0.29, 0.717) is 22.6 Å². The van der Waals surface area contributed by atoms with Crippen molar-refractivity contribution >= 4 is 33.0 Å². The topological polar surface area (TPSA) is 56.7 Å². The standard InChI is InChI=1S/C31H19FN3O.C11H8N.Ir/c1-19-29-27(18-26(33-19)20-9-4-2-5-10-20)35(22-11-6-3-7-12-22)31(34-29)25-14-8-13-24-23-16-15-21(32)17-28(23)36-30(24)25;1-2-6-10(7-3-1)11-8-4-5-9-12-11;/h2-13,15-18H,1H3;1-6,8-9H;/q2*-1;. The molecular formula is C42H27FIrN4O-2. The Hall–Kier alpha value is -5.75. The van der Waals surface area contributed by atoms with Gasteiger partial charge in [0.1, 0.15) is 11.4 Å². The number of para-hydroxylation sites is 1. The summed E-state index contributed by atoms with van der Waals surface area (Å²) in [5.41, 5.74) is 9.31. The molecule has 0 bridgehead atoms. The number of halogens is 1. The van der Waals surface area contributed by atoms with Gasteiger partial charge in [-0.25, -0.2) is 4.39 Å². The van der Waals surface area contributed by atoms with Gasteiger partial charge in [0.25, 0.3) is 0 Å². The van der Waals surface area contributed by atoms with Gasteiger partial charge in [-0.15, -0.1) is 54.1 Å². The summed E-state index contributed by atoms with van der Waals surface area (Å²) in [5.74, 6) is 0.357. The van der Waals surface area contributed by atoms with Crippen molar-refractivity contribution in [1.82, 2.24) is 19.5 Å². The van der Waals surface area contributed by atoms with Gasteiger partial charge in [0.15, 0.2) is 0 Å². The number of pyridine rings is 2. The average Bonchev–Trinajstić information content (AvgIpc) is 3.72. The van der Waals surface area contributed by atoms with Gasteiger partial charge in [-0.2, -0.15) is 0 Å². The van der Waals surface area contributed by atoms with E-state index in [1.807, 2.05) is 97.9 Å². The maximum atomic E-state index is 13.9. The molecule has 49 heavy (non-hydrogen) atoms. The summed E-state index contributed by atoms with van der Waals surface area (Å²) in [5, 5.41) is 1.75. The fourth-order valence-corrected chi connectivity index (χ4v) is 5.95. The second kappa shape index (κ2) is 13.8. The summed E-state index contributed by atoms with van der Waals surface area (Å²) in [6.07, 6.45) is 1.79. The van der Waals surface area contributed by atoms with Crippen LogP contribution < -0.4 is 0 Å². The van der Waals surface area contributed by atoms with Crippen LogP contribution in [0.15, 0.2) is 150 Å². The number of imidazole rings is 1. The van der Waals surface area contributed by atoms with Crippen LogP contribution in [0.2, 0.25) is 0 Å². The van der Waals surface area contributed by atoms with E-state index in [4.69, 9.17) is 14.4 Å². The van der Waals surface area contributed by atoms with Crippen LogP contribution in [-0.2, 0) is 20.1 Å².